The van der Waals surface area contributed by atoms with Gasteiger partial charge in [-0.25, -0.2) is 9.18 Å². The van der Waals surface area contributed by atoms with Crippen molar-refractivity contribution < 1.29 is 41.4 Å². The van der Waals surface area contributed by atoms with Crippen LogP contribution in [0.25, 0.3) is 0 Å². The van der Waals surface area contributed by atoms with Crippen molar-refractivity contribution in [2.45, 2.75) is 39.0 Å². The number of rotatable bonds is 8. The van der Waals surface area contributed by atoms with Crippen LogP contribution in [-0.2, 0) is 14.3 Å². The van der Waals surface area contributed by atoms with Gasteiger partial charge in [-0.15, -0.1) is 0 Å². The number of carbonyl (C=O) groups excluding carboxylic acids is 2. The Balaban J connectivity index is 2.80. The molecule has 0 amide bonds. The topological polar surface area (TPSA) is 61.8 Å². The second kappa shape index (κ2) is 9.36. The summed E-state index contributed by atoms with van der Waals surface area (Å²) < 4.78 is 66.7. The molecule has 0 aliphatic carbocycles. The summed E-state index contributed by atoms with van der Waals surface area (Å²) in [6.45, 7) is 3.24. The van der Waals surface area contributed by atoms with E-state index in [1.165, 1.54) is 0 Å². The van der Waals surface area contributed by atoms with Gasteiger partial charge in [-0.1, -0.05) is 0 Å². The molecule has 1 aromatic rings. The molecule has 1 rings (SSSR count). The van der Waals surface area contributed by atoms with E-state index in [-0.39, 0.29) is 18.8 Å². The Kier molecular flexibility index (Phi) is 7.82. The summed E-state index contributed by atoms with van der Waals surface area (Å²) in [7, 11) is 0. The zero-order valence-electron chi connectivity index (χ0n) is 13.7. The van der Waals surface area contributed by atoms with Crippen LogP contribution >= 0.6 is 0 Å². The smallest absolute Gasteiger partial charge is 0.425 e. The summed E-state index contributed by atoms with van der Waals surface area (Å²) in [5, 5.41) is 0. The van der Waals surface area contributed by atoms with E-state index < -0.39 is 42.0 Å². The van der Waals surface area contributed by atoms with Crippen molar-refractivity contribution >= 4 is 11.9 Å². The predicted octanol–water partition coefficient (Wildman–Crippen LogP) is 3.66. The largest absolute Gasteiger partial charge is 0.449 e. The number of hydrogen-bond acceptors (Lipinski definition) is 5. The minimum absolute atomic E-state index is 0.0270. The highest BCUT2D eigenvalue weighted by molar-refractivity contribution is 5.90. The van der Waals surface area contributed by atoms with E-state index in [4.69, 9.17) is 4.74 Å². The average molecular weight is 366 g/mol. The number of halogens is 4. The van der Waals surface area contributed by atoms with E-state index in [0.717, 1.165) is 25.1 Å². The van der Waals surface area contributed by atoms with E-state index in [1.807, 2.05) is 0 Å². The van der Waals surface area contributed by atoms with Gasteiger partial charge in [0.05, 0.1) is 5.56 Å². The van der Waals surface area contributed by atoms with E-state index in [0.29, 0.717) is 6.61 Å². The minimum atomic E-state index is -4.78. The first-order valence-electron chi connectivity index (χ1n) is 7.48. The third-order valence-electron chi connectivity index (χ3n) is 3.00. The van der Waals surface area contributed by atoms with Crippen molar-refractivity contribution in [3.05, 3.63) is 29.6 Å². The molecule has 0 radical (unpaired) electrons. The molecule has 0 aliphatic rings. The van der Waals surface area contributed by atoms with Crippen LogP contribution in [0.15, 0.2) is 18.2 Å². The molecular weight excluding hydrogens is 348 g/mol. The summed E-state index contributed by atoms with van der Waals surface area (Å²) in [5.41, 5.74) is -0.685. The van der Waals surface area contributed by atoms with Gasteiger partial charge in [0.1, 0.15) is 11.6 Å². The Morgan fingerprint density at radius 3 is 2.44 bits per heavy atom. The predicted molar refractivity (Wildman–Crippen MR) is 78.7 cm³/mol. The molecule has 0 aromatic heterocycles. The Hall–Kier alpha value is -2.16. The molecule has 0 heterocycles. The van der Waals surface area contributed by atoms with Gasteiger partial charge >= 0.3 is 18.1 Å². The summed E-state index contributed by atoms with van der Waals surface area (Å²) >= 11 is 0. The second-order valence-corrected chi connectivity index (χ2v) is 5.01. The van der Waals surface area contributed by atoms with Gasteiger partial charge in [-0.2, -0.15) is 13.2 Å². The highest BCUT2D eigenvalue weighted by atomic mass is 19.4. The molecule has 0 bridgehead atoms. The number of carbonyl (C=O) groups is 2. The zero-order chi connectivity index (χ0) is 19.0. The monoisotopic (exact) mass is 366 g/mol. The quantitative estimate of drug-likeness (QED) is 0.304. The lowest BCUT2D eigenvalue weighted by atomic mass is 10.1. The van der Waals surface area contributed by atoms with Crippen molar-refractivity contribution in [1.82, 2.24) is 0 Å². The van der Waals surface area contributed by atoms with Gasteiger partial charge in [-0.3, -0.25) is 4.79 Å². The van der Waals surface area contributed by atoms with E-state index in [1.54, 1.807) is 6.92 Å². The van der Waals surface area contributed by atoms with Crippen LogP contribution in [0.4, 0.5) is 17.6 Å². The lowest BCUT2D eigenvalue weighted by Gasteiger charge is -2.20. The maximum absolute atomic E-state index is 13.9. The summed E-state index contributed by atoms with van der Waals surface area (Å²) in [5.74, 6) is -3.49. The fourth-order valence-electron chi connectivity index (χ4n) is 1.89. The van der Waals surface area contributed by atoms with Crippen LogP contribution in [0.3, 0.4) is 0 Å². The molecule has 0 N–H and O–H groups in total. The molecule has 0 aliphatic heterocycles. The lowest BCUT2D eigenvalue weighted by molar-refractivity contribution is -0.206. The molecule has 1 aromatic carbocycles. The standard InChI is InChI=1S/C16H18F4O5/c1-3-23-8-4-5-14(16(18,19)20)25-15(22)12-7-6-11(9-13(12)17)24-10(2)21/h6-7,9,14H,3-5,8H2,1-2H3. The highest BCUT2D eigenvalue weighted by Crippen LogP contribution is 2.28. The van der Waals surface area contributed by atoms with Crippen molar-refractivity contribution in [2.24, 2.45) is 0 Å². The van der Waals surface area contributed by atoms with Gasteiger partial charge in [0.15, 0.2) is 6.10 Å². The number of hydrogen-bond donors (Lipinski definition) is 0. The molecule has 5 nitrogen and oxygen atoms in total. The molecule has 0 saturated heterocycles. The molecule has 0 fully saturated rings. The molecular formula is C16H18F4O5. The Labute approximate surface area is 141 Å². The van der Waals surface area contributed by atoms with Gasteiger partial charge in [-0.05, 0) is 31.9 Å². The van der Waals surface area contributed by atoms with Crippen LogP contribution in [0.1, 0.15) is 37.0 Å². The first kappa shape index (κ1) is 20.9. The summed E-state index contributed by atoms with van der Waals surface area (Å²) in [6.07, 6.45) is -7.62. The Morgan fingerprint density at radius 1 is 1.24 bits per heavy atom. The first-order valence-corrected chi connectivity index (χ1v) is 7.48. The molecule has 1 atom stereocenters. The average Bonchev–Trinajstić information content (AvgIpc) is 2.48. The van der Waals surface area contributed by atoms with Crippen molar-refractivity contribution in [3.8, 4) is 5.75 Å². The maximum Gasteiger partial charge on any atom is 0.425 e. The van der Waals surface area contributed by atoms with E-state index in [2.05, 4.69) is 9.47 Å². The van der Waals surface area contributed by atoms with Crippen LogP contribution in [0.5, 0.6) is 5.75 Å². The molecule has 140 valence electrons. The first-order chi connectivity index (χ1) is 11.6. The van der Waals surface area contributed by atoms with Crippen LogP contribution in [-0.4, -0.2) is 37.4 Å². The molecule has 0 saturated carbocycles. The number of alkyl halides is 3. The second-order valence-electron chi connectivity index (χ2n) is 5.01. The van der Waals surface area contributed by atoms with Crippen molar-refractivity contribution in [3.63, 3.8) is 0 Å². The Morgan fingerprint density at radius 2 is 1.92 bits per heavy atom. The fourth-order valence-corrected chi connectivity index (χ4v) is 1.89. The van der Waals surface area contributed by atoms with Gasteiger partial charge < -0.3 is 14.2 Å². The minimum Gasteiger partial charge on any atom is -0.449 e. The number of benzene rings is 1. The molecule has 0 spiro atoms. The summed E-state index contributed by atoms with van der Waals surface area (Å²) in [6, 6.07) is 2.69. The van der Waals surface area contributed by atoms with Crippen LogP contribution in [0.2, 0.25) is 0 Å². The van der Waals surface area contributed by atoms with Gasteiger partial charge in [0, 0.05) is 26.2 Å². The van der Waals surface area contributed by atoms with Gasteiger partial charge in [0.25, 0.3) is 0 Å². The van der Waals surface area contributed by atoms with Crippen LogP contribution in [0, 0.1) is 5.82 Å². The molecule has 25 heavy (non-hydrogen) atoms. The van der Waals surface area contributed by atoms with E-state index >= 15 is 0 Å². The van der Waals surface area contributed by atoms with Crippen LogP contribution < -0.4 is 4.74 Å². The number of esters is 2. The highest BCUT2D eigenvalue weighted by Gasteiger charge is 2.42. The maximum atomic E-state index is 13.9. The fraction of sp³-hybridized carbons (Fsp3) is 0.500. The molecule has 1 unspecified atom stereocenters. The Bertz CT molecular complexity index is 601. The normalized spacial score (nSPS) is 12.6. The van der Waals surface area contributed by atoms with Gasteiger partial charge in [0.2, 0.25) is 0 Å². The lowest BCUT2D eigenvalue weighted by Crippen LogP contribution is -2.34. The third-order valence-corrected chi connectivity index (χ3v) is 3.00. The summed E-state index contributed by atoms with van der Waals surface area (Å²) in [4.78, 5) is 22.6. The molecule has 9 heteroatoms. The zero-order valence-corrected chi connectivity index (χ0v) is 13.7. The SMILES string of the molecule is CCOCCCC(OC(=O)c1ccc(OC(C)=O)cc1F)C(F)(F)F. The number of ether oxygens (including phenoxy) is 3. The third kappa shape index (κ3) is 7.08. The van der Waals surface area contributed by atoms with E-state index in [9.17, 15) is 27.2 Å². The van der Waals surface area contributed by atoms with Crippen molar-refractivity contribution in [2.75, 3.05) is 13.2 Å². The van der Waals surface area contributed by atoms with Crippen molar-refractivity contribution in [1.29, 1.82) is 0 Å².